The second kappa shape index (κ2) is 9.47. The van der Waals surface area contributed by atoms with Crippen molar-refractivity contribution in [3.8, 4) is 0 Å². The molecule has 0 fully saturated rings. The van der Waals surface area contributed by atoms with Crippen molar-refractivity contribution in [2.24, 2.45) is 0 Å². The van der Waals surface area contributed by atoms with E-state index in [0.29, 0.717) is 0 Å². The average molecular weight is 210 g/mol. The summed E-state index contributed by atoms with van der Waals surface area (Å²) in [6.45, 7) is 14.4. The fourth-order valence-corrected chi connectivity index (χ4v) is 0.927. The van der Waals surface area contributed by atoms with Crippen molar-refractivity contribution in [2.75, 3.05) is 0 Å². The van der Waals surface area contributed by atoms with E-state index in [9.17, 15) is 0 Å². The highest BCUT2D eigenvalue weighted by Gasteiger charge is 1.88. The molecular weight excluding hydrogens is 192 g/mol. The van der Waals surface area contributed by atoms with Crippen LogP contribution in [-0.2, 0) is 0 Å². The molecule has 0 amide bonds. The standard InChI is InChI=1S/C10H10.C6H8/c1-3-9(2)10-7-5-4-6-8-10;1-3-5-6-4-2/h3-8H,1-2H2;3-6H,1-2H2/b;6-5-. The van der Waals surface area contributed by atoms with E-state index in [1.54, 1.807) is 18.2 Å². The molecule has 0 unspecified atom stereocenters. The predicted octanol–water partition coefficient (Wildman–Crippen LogP) is 4.80. The summed E-state index contributed by atoms with van der Waals surface area (Å²) in [6, 6.07) is 10.0. The Morgan fingerprint density at radius 3 is 1.75 bits per heavy atom. The number of allylic oxidation sites excluding steroid dienone is 6. The normalized spacial score (nSPS) is 8.75. The monoisotopic (exact) mass is 210 g/mol. The van der Waals surface area contributed by atoms with E-state index in [0.717, 1.165) is 11.1 Å². The van der Waals surface area contributed by atoms with Gasteiger partial charge in [0.2, 0.25) is 0 Å². The van der Waals surface area contributed by atoms with Crippen LogP contribution in [0.4, 0.5) is 0 Å². The Balaban J connectivity index is 0.000000325. The summed E-state index contributed by atoms with van der Waals surface area (Å²) in [7, 11) is 0. The van der Waals surface area contributed by atoms with Crippen molar-refractivity contribution in [3.63, 3.8) is 0 Å². The molecule has 0 N–H and O–H groups in total. The fraction of sp³-hybridized carbons (Fsp3) is 0. The maximum atomic E-state index is 3.83. The lowest BCUT2D eigenvalue weighted by molar-refractivity contribution is 1.63. The third kappa shape index (κ3) is 6.39. The van der Waals surface area contributed by atoms with E-state index in [1.807, 2.05) is 42.5 Å². The molecule has 1 aromatic rings. The van der Waals surface area contributed by atoms with Crippen LogP contribution in [0.15, 0.2) is 87.0 Å². The van der Waals surface area contributed by atoms with Crippen molar-refractivity contribution in [2.45, 2.75) is 0 Å². The summed E-state index contributed by atoms with van der Waals surface area (Å²) in [5, 5.41) is 0. The van der Waals surface area contributed by atoms with Gasteiger partial charge in [-0.3, -0.25) is 0 Å². The minimum atomic E-state index is 0.973. The van der Waals surface area contributed by atoms with Gasteiger partial charge in [-0.15, -0.1) is 0 Å². The molecule has 0 aromatic heterocycles. The first-order valence-electron chi connectivity index (χ1n) is 5.03. The van der Waals surface area contributed by atoms with Crippen molar-refractivity contribution >= 4 is 5.57 Å². The van der Waals surface area contributed by atoms with Crippen molar-refractivity contribution in [1.29, 1.82) is 0 Å². The lowest BCUT2D eigenvalue weighted by Gasteiger charge is -1.96. The summed E-state index contributed by atoms with van der Waals surface area (Å²) in [6.07, 6.45) is 8.83. The van der Waals surface area contributed by atoms with Gasteiger partial charge >= 0.3 is 0 Å². The summed E-state index contributed by atoms with van der Waals surface area (Å²) in [4.78, 5) is 0. The van der Waals surface area contributed by atoms with Crippen molar-refractivity contribution in [3.05, 3.63) is 92.6 Å². The van der Waals surface area contributed by atoms with Crippen LogP contribution in [0.2, 0.25) is 0 Å². The molecule has 0 saturated heterocycles. The molecule has 0 heteroatoms. The van der Waals surface area contributed by atoms with Gasteiger partial charge in [0.25, 0.3) is 0 Å². The van der Waals surface area contributed by atoms with Crippen LogP contribution in [0.3, 0.4) is 0 Å². The predicted molar refractivity (Wildman–Crippen MR) is 75.2 cm³/mol. The molecule has 1 aromatic carbocycles. The van der Waals surface area contributed by atoms with E-state index >= 15 is 0 Å². The molecule has 0 spiro atoms. The van der Waals surface area contributed by atoms with Gasteiger partial charge in [-0.2, -0.15) is 0 Å². The molecule has 0 radical (unpaired) electrons. The molecule has 0 bridgehead atoms. The largest absolute Gasteiger partial charge is 0.0991 e. The molecule has 0 saturated carbocycles. The maximum absolute atomic E-state index is 3.83. The molecule has 0 aliphatic heterocycles. The van der Waals surface area contributed by atoms with Crippen LogP contribution in [0.25, 0.3) is 5.57 Å². The molecule has 0 aliphatic rings. The SMILES string of the molecule is C=C/C=C\C=C.C=CC(=C)c1ccccc1. The van der Waals surface area contributed by atoms with Crippen LogP contribution in [0, 0.1) is 0 Å². The third-order valence-corrected chi connectivity index (χ3v) is 1.77. The van der Waals surface area contributed by atoms with Crippen LogP contribution in [-0.4, -0.2) is 0 Å². The van der Waals surface area contributed by atoms with Gasteiger partial charge in [-0.25, -0.2) is 0 Å². The van der Waals surface area contributed by atoms with Gasteiger partial charge in [0.05, 0.1) is 0 Å². The Bertz CT molecular complexity index is 356. The Morgan fingerprint density at radius 1 is 0.875 bits per heavy atom. The Hall–Kier alpha value is -2.08. The van der Waals surface area contributed by atoms with Gasteiger partial charge in [0, 0.05) is 0 Å². The average Bonchev–Trinajstić information content (AvgIpc) is 2.37. The highest BCUT2D eigenvalue weighted by atomic mass is 13.9. The minimum absolute atomic E-state index is 0.973. The number of hydrogen-bond acceptors (Lipinski definition) is 0. The van der Waals surface area contributed by atoms with Crippen LogP contribution in [0.1, 0.15) is 5.56 Å². The topological polar surface area (TPSA) is 0 Å². The Labute approximate surface area is 98.6 Å². The van der Waals surface area contributed by atoms with Gasteiger partial charge < -0.3 is 0 Å². The molecule has 1 rings (SSSR count). The van der Waals surface area contributed by atoms with Gasteiger partial charge in [0.1, 0.15) is 0 Å². The van der Waals surface area contributed by atoms with Crippen LogP contribution in [0.5, 0.6) is 0 Å². The highest BCUT2D eigenvalue weighted by Crippen LogP contribution is 2.10. The van der Waals surface area contributed by atoms with E-state index in [-0.39, 0.29) is 0 Å². The zero-order valence-electron chi connectivity index (χ0n) is 9.60. The first-order chi connectivity index (χ1) is 7.76. The summed E-state index contributed by atoms with van der Waals surface area (Å²) in [5.41, 5.74) is 2.11. The summed E-state index contributed by atoms with van der Waals surface area (Å²) >= 11 is 0. The number of hydrogen-bond donors (Lipinski definition) is 0. The van der Waals surface area contributed by atoms with Crippen molar-refractivity contribution in [1.82, 2.24) is 0 Å². The summed E-state index contributed by atoms with van der Waals surface area (Å²) in [5.74, 6) is 0. The highest BCUT2D eigenvalue weighted by molar-refractivity contribution is 5.71. The minimum Gasteiger partial charge on any atom is -0.0991 e. The quantitative estimate of drug-likeness (QED) is 0.626. The van der Waals surface area contributed by atoms with E-state index < -0.39 is 0 Å². The smallest absolute Gasteiger partial charge is 0.0190 e. The molecule has 0 nitrogen and oxygen atoms in total. The van der Waals surface area contributed by atoms with Crippen LogP contribution < -0.4 is 0 Å². The second-order valence-electron chi connectivity index (χ2n) is 2.95. The molecule has 0 atom stereocenters. The lowest BCUT2D eigenvalue weighted by atomic mass is 10.1. The first kappa shape index (κ1) is 13.9. The fourth-order valence-electron chi connectivity index (χ4n) is 0.927. The van der Waals surface area contributed by atoms with E-state index in [1.165, 1.54) is 0 Å². The zero-order valence-corrected chi connectivity index (χ0v) is 9.60. The van der Waals surface area contributed by atoms with Gasteiger partial charge in [-0.1, -0.05) is 87.0 Å². The maximum Gasteiger partial charge on any atom is -0.0190 e. The van der Waals surface area contributed by atoms with E-state index in [2.05, 4.69) is 26.3 Å². The molecule has 0 heterocycles. The second-order valence-corrected chi connectivity index (χ2v) is 2.95. The van der Waals surface area contributed by atoms with E-state index in [4.69, 9.17) is 0 Å². The van der Waals surface area contributed by atoms with Crippen LogP contribution >= 0.6 is 0 Å². The molecule has 0 aliphatic carbocycles. The Kier molecular flexibility index (Phi) is 8.24. The lowest BCUT2D eigenvalue weighted by Crippen LogP contribution is -1.74. The molecule has 16 heavy (non-hydrogen) atoms. The Morgan fingerprint density at radius 2 is 1.38 bits per heavy atom. The van der Waals surface area contributed by atoms with Gasteiger partial charge in [0.15, 0.2) is 0 Å². The molecule has 82 valence electrons. The van der Waals surface area contributed by atoms with Crippen molar-refractivity contribution < 1.29 is 0 Å². The number of rotatable bonds is 4. The van der Waals surface area contributed by atoms with Gasteiger partial charge in [-0.05, 0) is 11.1 Å². The number of benzene rings is 1. The third-order valence-electron chi connectivity index (χ3n) is 1.77. The zero-order chi connectivity index (χ0) is 12.2. The molecular formula is C16H18. The summed E-state index contributed by atoms with van der Waals surface area (Å²) < 4.78 is 0. The first-order valence-corrected chi connectivity index (χ1v) is 5.03.